The Balaban J connectivity index is 3.22. The van der Waals surface area contributed by atoms with Crippen LogP contribution in [0.1, 0.15) is 117 Å². The van der Waals surface area contributed by atoms with Gasteiger partial charge in [0.25, 0.3) is 0 Å². The van der Waals surface area contributed by atoms with Crippen LogP contribution in [0.2, 0.25) is 0 Å². The van der Waals surface area contributed by atoms with E-state index in [0.29, 0.717) is 0 Å². The van der Waals surface area contributed by atoms with Gasteiger partial charge in [0, 0.05) is 0 Å². The fraction of sp³-hybridized carbons (Fsp3) is 1.00. The molecule has 0 heterocycles. The quantitative estimate of drug-likeness (QED) is 0.178. The largest absolute Gasteiger partial charge is 0.328 e. The molecule has 0 aromatic heterocycles. The number of rotatable bonds is 18. The molecule has 1 heteroatoms. The predicted octanol–water partition coefficient (Wildman–Crippen LogP) is 7.59. The Bertz CT molecular complexity index is 244. The smallest absolute Gasteiger partial charge is 0.0784 e. The highest BCUT2D eigenvalue weighted by Crippen LogP contribution is 2.14. The molecule has 0 fully saturated rings. The van der Waals surface area contributed by atoms with Crippen LogP contribution in [-0.4, -0.2) is 31.7 Å². The molecule has 0 rings (SSSR count). The molecule has 0 aliphatic rings. The predicted molar refractivity (Wildman–Crippen MR) is 112 cm³/mol. The lowest BCUT2D eigenvalue weighted by molar-refractivity contribution is -0.891. The highest BCUT2D eigenvalue weighted by molar-refractivity contribution is 4.50. The van der Waals surface area contributed by atoms with Crippen molar-refractivity contribution in [3.8, 4) is 0 Å². The Hall–Kier alpha value is -0.0400. The molecule has 0 spiro atoms. The van der Waals surface area contributed by atoms with E-state index < -0.39 is 0 Å². The fourth-order valence-corrected chi connectivity index (χ4v) is 3.45. The molecule has 0 saturated heterocycles. The van der Waals surface area contributed by atoms with Gasteiger partial charge in [-0.2, -0.15) is 0 Å². The molecular weight excluding hydrogens is 290 g/mol. The topological polar surface area (TPSA) is 0 Å². The van der Waals surface area contributed by atoms with Crippen LogP contribution < -0.4 is 0 Å². The van der Waals surface area contributed by atoms with Gasteiger partial charge in [-0.05, 0) is 25.2 Å². The Labute approximate surface area is 155 Å². The third kappa shape index (κ3) is 18.3. The second kappa shape index (κ2) is 16.4. The third-order valence-corrected chi connectivity index (χ3v) is 5.43. The molecule has 0 unspecified atom stereocenters. The van der Waals surface area contributed by atoms with Crippen molar-refractivity contribution in [3.05, 3.63) is 0 Å². The van der Waals surface area contributed by atoms with E-state index in [0.717, 1.165) is 5.92 Å². The molecule has 0 aromatic rings. The zero-order chi connectivity index (χ0) is 18.1. The molecule has 0 N–H and O–H groups in total. The summed E-state index contributed by atoms with van der Waals surface area (Å²) in [6.45, 7) is 9.69. The molecule has 24 heavy (non-hydrogen) atoms. The SMILES string of the molecule is CCCCCCCCCCCCCCCC[N+](C)(C)CCC(C)C. The van der Waals surface area contributed by atoms with E-state index >= 15 is 0 Å². The van der Waals surface area contributed by atoms with Gasteiger partial charge >= 0.3 is 0 Å². The minimum absolute atomic E-state index is 0.846. The third-order valence-electron chi connectivity index (χ3n) is 5.43. The van der Waals surface area contributed by atoms with Crippen LogP contribution in [0.4, 0.5) is 0 Å². The maximum absolute atomic E-state index is 2.41. The van der Waals surface area contributed by atoms with Gasteiger partial charge in [-0.15, -0.1) is 0 Å². The van der Waals surface area contributed by atoms with E-state index in [1.54, 1.807) is 0 Å². The molecule has 146 valence electrons. The molecule has 0 amide bonds. The first-order valence-corrected chi connectivity index (χ1v) is 11.3. The number of hydrogen-bond donors (Lipinski definition) is 0. The van der Waals surface area contributed by atoms with Crippen LogP contribution in [0, 0.1) is 5.92 Å². The van der Waals surface area contributed by atoms with E-state index in [1.165, 1.54) is 114 Å². The summed E-state index contributed by atoms with van der Waals surface area (Å²) in [5.41, 5.74) is 0. The number of hydrogen-bond acceptors (Lipinski definition) is 0. The Morgan fingerprint density at radius 3 is 1.29 bits per heavy atom. The van der Waals surface area contributed by atoms with Crippen molar-refractivity contribution in [2.75, 3.05) is 27.2 Å². The summed E-state index contributed by atoms with van der Waals surface area (Å²) in [7, 11) is 4.81. The average Bonchev–Trinajstić information content (AvgIpc) is 2.53. The lowest BCUT2D eigenvalue weighted by atomic mass is 10.0. The molecule has 0 aliphatic carbocycles. The summed E-state index contributed by atoms with van der Waals surface area (Å²) in [6.07, 6.45) is 21.8. The molecular formula is C23H50N+. The summed E-state index contributed by atoms with van der Waals surface area (Å²) < 4.78 is 1.22. The Morgan fingerprint density at radius 2 is 0.917 bits per heavy atom. The van der Waals surface area contributed by atoms with Crippen molar-refractivity contribution >= 4 is 0 Å². The fourth-order valence-electron chi connectivity index (χ4n) is 3.45. The lowest BCUT2D eigenvalue weighted by Crippen LogP contribution is -2.41. The standard InChI is InChI=1S/C23H50N/c1-6-7-8-9-10-11-12-13-14-15-16-17-18-19-21-24(4,5)22-20-23(2)3/h23H,6-22H2,1-5H3/q+1. The van der Waals surface area contributed by atoms with E-state index in [-0.39, 0.29) is 0 Å². The second-order valence-electron chi connectivity index (χ2n) is 9.16. The monoisotopic (exact) mass is 340 g/mol. The van der Waals surface area contributed by atoms with E-state index in [2.05, 4.69) is 34.9 Å². The highest BCUT2D eigenvalue weighted by atomic mass is 15.3. The van der Waals surface area contributed by atoms with Crippen molar-refractivity contribution in [3.63, 3.8) is 0 Å². The molecule has 0 saturated carbocycles. The van der Waals surface area contributed by atoms with Crippen molar-refractivity contribution in [2.24, 2.45) is 5.92 Å². The summed E-state index contributed by atoms with van der Waals surface area (Å²) in [5, 5.41) is 0. The molecule has 0 atom stereocenters. The van der Waals surface area contributed by atoms with Crippen molar-refractivity contribution < 1.29 is 4.48 Å². The minimum atomic E-state index is 0.846. The number of nitrogens with zero attached hydrogens (tertiary/aromatic N) is 1. The van der Waals surface area contributed by atoms with Gasteiger partial charge in [0.05, 0.1) is 27.2 Å². The van der Waals surface area contributed by atoms with Crippen LogP contribution in [0.15, 0.2) is 0 Å². The summed E-state index contributed by atoms with van der Waals surface area (Å²) in [4.78, 5) is 0. The number of quaternary nitrogens is 1. The van der Waals surface area contributed by atoms with Crippen LogP contribution >= 0.6 is 0 Å². The van der Waals surface area contributed by atoms with Crippen LogP contribution in [0.25, 0.3) is 0 Å². The van der Waals surface area contributed by atoms with Crippen molar-refractivity contribution in [2.45, 2.75) is 117 Å². The van der Waals surface area contributed by atoms with Crippen molar-refractivity contribution in [1.82, 2.24) is 0 Å². The highest BCUT2D eigenvalue weighted by Gasteiger charge is 2.14. The summed E-state index contributed by atoms with van der Waals surface area (Å²) >= 11 is 0. The lowest BCUT2D eigenvalue weighted by Gasteiger charge is -2.30. The summed E-state index contributed by atoms with van der Waals surface area (Å²) in [6, 6.07) is 0. The van der Waals surface area contributed by atoms with Crippen LogP contribution in [-0.2, 0) is 0 Å². The maximum atomic E-state index is 2.41. The second-order valence-corrected chi connectivity index (χ2v) is 9.16. The summed E-state index contributed by atoms with van der Waals surface area (Å²) in [5.74, 6) is 0.846. The van der Waals surface area contributed by atoms with Gasteiger partial charge in [-0.3, -0.25) is 0 Å². The molecule has 0 radical (unpaired) electrons. The first-order chi connectivity index (χ1) is 11.5. The van der Waals surface area contributed by atoms with E-state index in [1.807, 2.05) is 0 Å². The molecule has 1 nitrogen and oxygen atoms in total. The number of unbranched alkanes of at least 4 members (excludes halogenated alkanes) is 13. The van der Waals surface area contributed by atoms with E-state index in [9.17, 15) is 0 Å². The first-order valence-electron chi connectivity index (χ1n) is 11.3. The van der Waals surface area contributed by atoms with Gasteiger partial charge in [0.1, 0.15) is 0 Å². The van der Waals surface area contributed by atoms with E-state index in [4.69, 9.17) is 0 Å². The van der Waals surface area contributed by atoms with Gasteiger partial charge in [0.15, 0.2) is 0 Å². The zero-order valence-corrected chi connectivity index (χ0v) is 18.0. The van der Waals surface area contributed by atoms with Gasteiger partial charge in [-0.1, -0.05) is 97.8 Å². The van der Waals surface area contributed by atoms with Gasteiger partial charge < -0.3 is 4.48 Å². The Kier molecular flexibility index (Phi) is 16.4. The molecule has 0 bridgehead atoms. The van der Waals surface area contributed by atoms with Gasteiger partial charge in [0.2, 0.25) is 0 Å². The molecule has 0 aliphatic heterocycles. The first kappa shape index (κ1) is 24.0. The average molecular weight is 341 g/mol. The maximum Gasteiger partial charge on any atom is 0.0784 e. The van der Waals surface area contributed by atoms with Crippen LogP contribution in [0.5, 0.6) is 0 Å². The normalized spacial score (nSPS) is 12.2. The van der Waals surface area contributed by atoms with Crippen molar-refractivity contribution in [1.29, 1.82) is 0 Å². The van der Waals surface area contributed by atoms with Gasteiger partial charge in [-0.25, -0.2) is 0 Å². The van der Waals surface area contributed by atoms with Crippen LogP contribution in [0.3, 0.4) is 0 Å². The minimum Gasteiger partial charge on any atom is -0.328 e. The zero-order valence-electron chi connectivity index (χ0n) is 18.0. The Morgan fingerprint density at radius 1 is 0.542 bits per heavy atom. The molecule has 0 aromatic carbocycles.